The predicted molar refractivity (Wildman–Crippen MR) is 132 cm³/mol. The quantitative estimate of drug-likeness (QED) is 0.459. The number of carbonyl (C=O) groups excluding carboxylic acids is 1. The summed E-state index contributed by atoms with van der Waals surface area (Å²) < 4.78 is 9.93. The standard InChI is InChI=1S/C26H29N7O2/c1-16-11-26(14-27-15-26)6-5-22(16)33-13-17-9-19(23(10-20(17)31-33)35-18-3-4-18)25(34)30-21-12-29-32-8-2-7-28-24(21)32/h2,7-10,12-13,16,18,22,27H,3-6,11,14-15H2,1H3,(H,30,34)/t16-,22?/m1/s1. The fraction of sp³-hybridized carbons (Fsp3) is 0.462. The Kier molecular flexibility index (Phi) is 4.64. The maximum absolute atomic E-state index is 13.4. The van der Waals surface area contributed by atoms with E-state index in [0.717, 1.165) is 43.3 Å². The zero-order valence-electron chi connectivity index (χ0n) is 19.8. The van der Waals surface area contributed by atoms with Crippen LogP contribution in [0.15, 0.2) is 43.0 Å². The van der Waals surface area contributed by atoms with E-state index in [9.17, 15) is 4.79 Å². The van der Waals surface area contributed by atoms with Gasteiger partial charge in [0.05, 0.1) is 29.4 Å². The van der Waals surface area contributed by atoms with Gasteiger partial charge in [-0.3, -0.25) is 9.48 Å². The largest absolute Gasteiger partial charge is 0.490 e. The molecule has 4 heterocycles. The number of ether oxygens (including phenoxy) is 1. The predicted octanol–water partition coefficient (Wildman–Crippen LogP) is 3.82. The zero-order chi connectivity index (χ0) is 23.6. The van der Waals surface area contributed by atoms with Crippen LogP contribution in [0.5, 0.6) is 5.75 Å². The highest BCUT2D eigenvalue weighted by molar-refractivity contribution is 6.09. The molecule has 3 fully saturated rings. The summed E-state index contributed by atoms with van der Waals surface area (Å²) in [6.07, 6.45) is 13.0. The molecule has 2 saturated carbocycles. The van der Waals surface area contributed by atoms with Gasteiger partial charge in [-0.2, -0.15) is 10.2 Å². The molecule has 0 radical (unpaired) electrons. The molecule has 2 atom stereocenters. The highest BCUT2D eigenvalue weighted by atomic mass is 16.5. The van der Waals surface area contributed by atoms with Crippen LogP contribution in [0.3, 0.4) is 0 Å². The van der Waals surface area contributed by atoms with Crippen molar-refractivity contribution in [1.29, 1.82) is 0 Å². The Morgan fingerprint density at radius 3 is 2.91 bits per heavy atom. The molecule has 1 saturated heterocycles. The third kappa shape index (κ3) is 3.65. The minimum atomic E-state index is -0.235. The van der Waals surface area contributed by atoms with Crippen molar-refractivity contribution >= 4 is 28.1 Å². The van der Waals surface area contributed by atoms with Crippen molar-refractivity contribution in [2.75, 3.05) is 18.4 Å². The lowest BCUT2D eigenvalue weighted by molar-refractivity contribution is 0.0452. The fourth-order valence-electron chi connectivity index (χ4n) is 5.84. The first-order chi connectivity index (χ1) is 17.1. The van der Waals surface area contributed by atoms with Crippen LogP contribution in [0.2, 0.25) is 0 Å². The molecule has 35 heavy (non-hydrogen) atoms. The summed E-state index contributed by atoms with van der Waals surface area (Å²) in [6.45, 7) is 4.64. The van der Waals surface area contributed by atoms with Crippen molar-refractivity contribution in [3.8, 4) is 5.75 Å². The topological polar surface area (TPSA) is 98.4 Å². The van der Waals surface area contributed by atoms with Gasteiger partial charge in [-0.25, -0.2) is 9.50 Å². The van der Waals surface area contributed by atoms with Crippen LogP contribution in [0.1, 0.15) is 55.4 Å². The summed E-state index contributed by atoms with van der Waals surface area (Å²) in [6, 6.07) is 6.02. The summed E-state index contributed by atoms with van der Waals surface area (Å²) in [5.41, 5.74) is 3.04. The van der Waals surface area contributed by atoms with E-state index in [1.54, 1.807) is 29.2 Å². The van der Waals surface area contributed by atoms with E-state index in [2.05, 4.69) is 38.5 Å². The third-order valence-electron chi connectivity index (χ3n) is 7.94. The summed E-state index contributed by atoms with van der Waals surface area (Å²) in [5.74, 6) is 0.915. The molecule has 9 nitrogen and oxygen atoms in total. The summed E-state index contributed by atoms with van der Waals surface area (Å²) in [7, 11) is 0. The Hall–Kier alpha value is -3.46. The number of amides is 1. The smallest absolute Gasteiger partial charge is 0.259 e. The zero-order valence-corrected chi connectivity index (χ0v) is 19.8. The Bertz CT molecular complexity index is 1430. The molecule has 1 aliphatic heterocycles. The molecule has 3 aliphatic rings. The number of hydrogen-bond acceptors (Lipinski definition) is 6. The van der Waals surface area contributed by atoms with Crippen molar-refractivity contribution in [1.82, 2.24) is 29.7 Å². The molecular formula is C26H29N7O2. The SMILES string of the molecule is C[C@@H]1CC2(CCC1n1cc3cc(C(=O)Nc4cnn5cccnc45)c(OC4CC4)cc3n1)CNC2. The van der Waals surface area contributed by atoms with Gasteiger partial charge in [-0.1, -0.05) is 6.92 Å². The minimum absolute atomic E-state index is 0.172. The molecule has 0 bridgehead atoms. The van der Waals surface area contributed by atoms with E-state index < -0.39 is 0 Å². The van der Waals surface area contributed by atoms with E-state index >= 15 is 0 Å². The van der Waals surface area contributed by atoms with Crippen LogP contribution >= 0.6 is 0 Å². The number of aromatic nitrogens is 5. The lowest BCUT2D eigenvalue weighted by Gasteiger charge is -2.50. The molecule has 1 amide bonds. The van der Waals surface area contributed by atoms with Gasteiger partial charge < -0.3 is 15.4 Å². The third-order valence-corrected chi connectivity index (χ3v) is 7.94. The van der Waals surface area contributed by atoms with Crippen LogP contribution < -0.4 is 15.4 Å². The van der Waals surface area contributed by atoms with E-state index in [1.807, 2.05) is 12.1 Å². The summed E-state index contributed by atoms with van der Waals surface area (Å²) in [4.78, 5) is 17.7. The van der Waals surface area contributed by atoms with Crippen LogP contribution in [-0.2, 0) is 0 Å². The fourth-order valence-corrected chi connectivity index (χ4v) is 5.84. The Labute approximate surface area is 202 Å². The molecule has 7 rings (SSSR count). The average Bonchev–Trinajstić information content (AvgIpc) is 3.41. The maximum Gasteiger partial charge on any atom is 0.259 e. The number of fused-ring (bicyclic) bond motifs is 2. The maximum atomic E-state index is 13.4. The molecule has 3 aromatic heterocycles. The number of carbonyl (C=O) groups is 1. The number of anilines is 1. The lowest BCUT2D eigenvalue weighted by Crippen LogP contribution is -2.56. The molecule has 4 aromatic rings. The number of hydrogen-bond donors (Lipinski definition) is 2. The second kappa shape index (κ2) is 7.78. The van der Waals surface area contributed by atoms with Crippen molar-refractivity contribution in [2.45, 2.75) is 51.2 Å². The number of nitrogens with one attached hydrogen (secondary N) is 2. The first-order valence-corrected chi connectivity index (χ1v) is 12.6. The monoisotopic (exact) mass is 471 g/mol. The Morgan fingerprint density at radius 2 is 2.14 bits per heavy atom. The molecule has 9 heteroatoms. The van der Waals surface area contributed by atoms with Gasteiger partial charge in [0.25, 0.3) is 5.91 Å². The molecular weight excluding hydrogens is 442 g/mol. The molecule has 1 unspecified atom stereocenters. The highest BCUT2D eigenvalue weighted by Gasteiger charge is 2.43. The Morgan fingerprint density at radius 1 is 1.26 bits per heavy atom. The molecule has 1 aromatic carbocycles. The first-order valence-electron chi connectivity index (χ1n) is 12.6. The molecule has 180 valence electrons. The molecule has 2 N–H and O–H groups in total. The normalized spacial score (nSPS) is 23.5. The molecule has 1 spiro atoms. The second-order valence-electron chi connectivity index (χ2n) is 10.6. The van der Waals surface area contributed by atoms with Gasteiger partial charge in [-0.15, -0.1) is 0 Å². The molecule has 2 aliphatic carbocycles. The summed E-state index contributed by atoms with van der Waals surface area (Å²) >= 11 is 0. The van der Waals surface area contributed by atoms with Crippen molar-refractivity contribution in [3.63, 3.8) is 0 Å². The summed E-state index contributed by atoms with van der Waals surface area (Å²) in [5, 5.41) is 16.6. The second-order valence-corrected chi connectivity index (χ2v) is 10.6. The Balaban J connectivity index is 1.21. The lowest BCUT2D eigenvalue weighted by atomic mass is 9.65. The van der Waals surface area contributed by atoms with E-state index in [-0.39, 0.29) is 12.0 Å². The number of benzene rings is 1. The van der Waals surface area contributed by atoms with E-state index in [0.29, 0.717) is 40.0 Å². The van der Waals surface area contributed by atoms with Crippen molar-refractivity contribution < 1.29 is 9.53 Å². The van der Waals surface area contributed by atoms with Crippen molar-refractivity contribution in [3.05, 3.63) is 48.5 Å². The van der Waals surface area contributed by atoms with Gasteiger partial charge >= 0.3 is 0 Å². The minimum Gasteiger partial charge on any atom is -0.490 e. The number of rotatable bonds is 5. The van der Waals surface area contributed by atoms with E-state index in [1.165, 1.54) is 12.8 Å². The average molecular weight is 472 g/mol. The highest BCUT2D eigenvalue weighted by Crippen LogP contribution is 2.46. The van der Waals surface area contributed by atoms with Crippen molar-refractivity contribution in [2.24, 2.45) is 11.3 Å². The van der Waals surface area contributed by atoms with Crippen LogP contribution in [0, 0.1) is 11.3 Å². The van der Waals surface area contributed by atoms with Gasteiger partial charge in [0.2, 0.25) is 0 Å². The first kappa shape index (κ1) is 20.9. The van der Waals surface area contributed by atoms with Crippen LogP contribution in [0.25, 0.3) is 16.6 Å². The van der Waals surface area contributed by atoms with Gasteiger partial charge in [0, 0.05) is 43.1 Å². The van der Waals surface area contributed by atoms with Crippen LogP contribution in [-0.4, -0.2) is 49.5 Å². The van der Waals surface area contributed by atoms with E-state index in [4.69, 9.17) is 9.84 Å². The number of nitrogens with zero attached hydrogens (tertiary/aromatic N) is 5. The van der Waals surface area contributed by atoms with Gasteiger partial charge in [0.1, 0.15) is 11.4 Å². The van der Waals surface area contributed by atoms with Gasteiger partial charge in [0.15, 0.2) is 5.65 Å². The van der Waals surface area contributed by atoms with Gasteiger partial charge in [-0.05, 0) is 55.6 Å². The van der Waals surface area contributed by atoms with Crippen LogP contribution in [0.4, 0.5) is 5.69 Å².